The number of amides is 2. The predicted molar refractivity (Wildman–Crippen MR) is 110 cm³/mol. The van der Waals surface area contributed by atoms with Gasteiger partial charge < -0.3 is 5.32 Å². The summed E-state index contributed by atoms with van der Waals surface area (Å²) in [6.07, 6.45) is 3.21. The van der Waals surface area contributed by atoms with E-state index in [1.54, 1.807) is 24.3 Å². The normalized spacial score (nSPS) is 14.8. The highest BCUT2D eigenvalue weighted by molar-refractivity contribution is 7.89. The Labute approximate surface area is 169 Å². The van der Waals surface area contributed by atoms with Crippen LogP contribution in [0.5, 0.6) is 0 Å². The maximum Gasteiger partial charge on any atom is 0.271 e. The number of nitrogens with one attached hydrogen (secondary N) is 2. The second-order valence-corrected chi connectivity index (χ2v) is 8.58. The van der Waals surface area contributed by atoms with Gasteiger partial charge in [-0.25, -0.2) is 13.8 Å². The van der Waals surface area contributed by atoms with Crippen molar-refractivity contribution < 1.29 is 18.0 Å². The number of anilines is 1. The Morgan fingerprint density at radius 1 is 1.00 bits per heavy atom. The molecule has 3 rings (SSSR count). The molecule has 1 heterocycles. The Kier molecular flexibility index (Phi) is 6.40. The highest BCUT2D eigenvalue weighted by Gasteiger charge is 2.27. The van der Waals surface area contributed by atoms with Crippen molar-refractivity contribution in [3.05, 3.63) is 59.7 Å². The van der Waals surface area contributed by atoms with Gasteiger partial charge in [0.15, 0.2) is 0 Å². The molecule has 2 amide bonds. The zero-order valence-electron chi connectivity index (χ0n) is 16.0. The molecule has 1 saturated heterocycles. The number of nitrogens with zero attached hydrogens (tertiary/aromatic N) is 2. The lowest BCUT2D eigenvalue weighted by molar-refractivity contribution is -0.114. The number of benzene rings is 2. The maximum absolute atomic E-state index is 12.5. The van der Waals surface area contributed by atoms with Gasteiger partial charge in [-0.05, 0) is 54.8 Å². The summed E-state index contributed by atoms with van der Waals surface area (Å²) in [4.78, 5) is 23.4. The van der Waals surface area contributed by atoms with Crippen molar-refractivity contribution in [1.82, 2.24) is 9.73 Å². The van der Waals surface area contributed by atoms with E-state index in [0.717, 1.165) is 18.4 Å². The molecule has 2 N–H and O–H groups in total. The molecule has 0 aromatic heterocycles. The van der Waals surface area contributed by atoms with Crippen molar-refractivity contribution >= 4 is 33.7 Å². The van der Waals surface area contributed by atoms with Gasteiger partial charge >= 0.3 is 0 Å². The number of hydrazone groups is 1. The van der Waals surface area contributed by atoms with E-state index >= 15 is 0 Å². The molecule has 1 aliphatic rings. The minimum Gasteiger partial charge on any atom is -0.326 e. The molecule has 29 heavy (non-hydrogen) atoms. The molecule has 0 saturated carbocycles. The van der Waals surface area contributed by atoms with Crippen LogP contribution in [0.4, 0.5) is 5.69 Å². The smallest absolute Gasteiger partial charge is 0.271 e. The maximum atomic E-state index is 12.5. The zero-order chi connectivity index (χ0) is 20.9. The minimum absolute atomic E-state index is 0.155. The van der Waals surface area contributed by atoms with Crippen LogP contribution < -0.4 is 10.7 Å². The zero-order valence-corrected chi connectivity index (χ0v) is 16.8. The fourth-order valence-electron chi connectivity index (χ4n) is 2.94. The predicted octanol–water partition coefficient (Wildman–Crippen LogP) is 2.19. The average molecular weight is 414 g/mol. The third-order valence-corrected chi connectivity index (χ3v) is 6.34. The highest BCUT2D eigenvalue weighted by atomic mass is 32.2. The Balaban J connectivity index is 1.59. The van der Waals surface area contributed by atoms with E-state index in [1.165, 1.54) is 41.7 Å². The average Bonchev–Trinajstić information content (AvgIpc) is 3.25. The van der Waals surface area contributed by atoms with Crippen LogP contribution in [0, 0.1) is 0 Å². The molecule has 0 unspecified atom stereocenters. The van der Waals surface area contributed by atoms with E-state index in [9.17, 15) is 18.0 Å². The quantitative estimate of drug-likeness (QED) is 0.558. The Hall–Kier alpha value is -3.04. The lowest BCUT2D eigenvalue weighted by Crippen LogP contribution is -2.28. The molecule has 1 fully saturated rings. The second kappa shape index (κ2) is 8.97. The van der Waals surface area contributed by atoms with Crippen molar-refractivity contribution in [2.24, 2.45) is 5.10 Å². The second-order valence-electron chi connectivity index (χ2n) is 6.64. The van der Waals surface area contributed by atoms with Crippen LogP contribution in [0.3, 0.4) is 0 Å². The summed E-state index contributed by atoms with van der Waals surface area (Å²) in [5, 5.41) is 6.57. The standard InChI is InChI=1S/C20H22N4O4S/c1-15(25)22-18-8-4-16(5-9-18)14-21-23-20(26)17-6-10-19(11-7-17)29(27,28)24-12-2-3-13-24/h4-11,14H,2-3,12-13H2,1H3,(H,22,25)(H,23,26)/b21-14-. The molecule has 152 valence electrons. The summed E-state index contributed by atoms with van der Waals surface area (Å²) in [5.41, 5.74) is 4.13. The van der Waals surface area contributed by atoms with Crippen LogP contribution in [-0.2, 0) is 14.8 Å². The molecule has 0 atom stereocenters. The summed E-state index contributed by atoms with van der Waals surface area (Å²) in [5.74, 6) is -0.598. The first-order valence-corrected chi connectivity index (χ1v) is 10.6. The number of hydrogen-bond donors (Lipinski definition) is 2. The van der Waals surface area contributed by atoms with E-state index in [2.05, 4.69) is 15.8 Å². The van der Waals surface area contributed by atoms with E-state index in [-0.39, 0.29) is 10.8 Å². The Bertz CT molecular complexity index is 1010. The first-order valence-electron chi connectivity index (χ1n) is 9.17. The summed E-state index contributed by atoms with van der Waals surface area (Å²) < 4.78 is 26.5. The minimum atomic E-state index is -3.50. The van der Waals surface area contributed by atoms with Crippen molar-refractivity contribution in [2.75, 3.05) is 18.4 Å². The van der Waals surface area contributed by atoms with Gasteiger partial charge in [0.25, 0.3) is 5.91 Å². The fraction of sp³-hybridized carbons (Fsp3) is 0.250. The number of carbonyl (C=O) groups is 2. The summed E-state index contributed by atoms with van der Waals surface area (Å²) in [7, 11) is -3.50. The summed E-state index contributed by atoms with van der Waals surface area (Å²) in [6, 6.07) is 12.8. The van der Waals surface area contributed by atoms with Gasteiger partial charge in [0.05, 0.1) is 11.1 Å². The monoisotopic (exact) mass is 414 g/mol. The molecule has 0 aliphatic carbocycles. The molecule has 0 radical (unpaired) electrons. The lowest BCUT2D eigenvalue weighted by Gasteiger charge is -2.15. The molecule has 9 heteroatoms. The highest BCUT2D eigenvalue weighted by Crippen LogP contribution is 2.21. The summed E-state index contributed by atoms with van der Waals surface area (Å²) in [6.45, 7) is 2.50. The largest absolute Gasteiger partial charge is 0.326 e. The van der Waals surface area contributed by atoms with Crippen LogP contribution in [0.15, 0.2) is 58.5 Å². The van der Waals surface area contributed by atoms with E-state index in [4.69, 9.17) is 0 Å². The third kappa shape index (κ3) is 5.27. The van der Waals surface area contributed by atoms with Gasteiger partial charge in [-0.1, -0.05) is 12.1 Å². The van der Waals surface area contributed by atoms with Crippen LogP contribution in [-0.4, -0.2) is 43.8 Å². The Morgan fingerprint density at radius 2 is 1.62 bits per heavy atom. The molecule has 8 nitrogen and oxygen atoms in total. The van der Waals surface area contributed by atoms with E-state index in [1.807, 2.05) is 0 Å². The van der Waals surface area contributed by atoms with Crippen LogP contribution in [0.25, 0.3) is 0 Å². The van der Waals surface area contributed by atoms with Crippen LogP contribution in [0.2, 0.25) is 0 Å². The van der Waals surface area contributed by atoms with Crippen molar-refractivity contribution in [3.8, 4) is 0 Å². The van der Waals surface area contributed by atoms with Gasteiger partial charge in [-0.2, -0.15) is 9.41 Å². The van der Waals surface area contributed by atoms with Gasteiger partial charge in [-0.3, -0.25) is 9.59 Å². The molecular formula is C20H22N4O4S. The van der Waals surface area contributed by atoms with Crippen molar-refractivity contribution in [3.63, 3.8) is 0 Å². The van der Waals surface area contributed by atoms with Gasteiger partial charge in [-0.15, -0.1) is 0 Å². The number of carbonyl (C=O) groups excluding carboxylic acids is 2. The van der Waals surface area contributed by atoms with Crippen LogP contribution in [0.1, 0.15) is 35.7 Å². The van der Waals surface area contributed by atoms with Gasteiger partial charge in [0, 0.05) is 31.3 Å². The van der Waals surface area contributed by atoms with E-state index < -0.39 is 15.9 Å². The lowest BCUT2D eigenvalue weighted by atomic mass is 10.2. The van der Waals surface area contributed by atoms with Gasteiger partial charge in [0.2, 0.25) is 15.9 Å². The third-order valence-electron chi connectivity index (χ3n) is 4.43. The molecule has 0 spiro atoms. The van der Waals surface area contributed by atoms with Gasteiger partial charge in [0.1, 0.15) is 0 Å². The Morgan fingerprint density at radius 3 is 2.21 bits per heavy atom. The number of sulfonamides is 1. The first kappa shape index (κ1) is 20.7. The van der Waals surface area contributed by atoms with Crippen molar-refractivity contribution in [2.45, 2.75) is 24.7 Å². The summed E-state index contributed by atoms with van der Waals surface area (Å²) >= 11 is 0. The van der Waals surface area contributed by atoms with Crippen molar-refractivity contribution in [1.29, 1.82) is 0 Å². The topological polar surface area (TPSA) is 108 Å². The molecule has 0 bridgehead atoms. The fourth-order valence-corrected chi connectivity index (χ4v) is 4.46. The van der Waals surface area contributed by atoms with E-state index in [0.29, 0.717) is 24.3 Å². The molecule has 1 aliphatic heterocycles. The molecule has 2 aromatic carbocycles. The number of hydrogen-bond acceptors (Lipinski definition) is 5. The van der Waals surface area contributed by atoms with Crippen LogP contribution >= 0.6 is 0 Å². The number of rotatable bonds is 6. The molecular weight excluding hydrogens is 392 g/mol. The SMILES string of the molecule is CC(=O)Nc1ccc(/C=N\NC(=O)c2ccc(S(=O)(=O)N3CCCC3)cc2)cc1. The first-order chi connectivity index (χ1) is 13.9. The molecule has 2 aromatic rings.